The quantitative estimate of drug-likeness (QED) is 0.328. The Labute approximate surface area is 205 Å². The van der Waals surface area contributed by atoms with Crippen LogP contribution in [-0.4, -0.2) is 31.9 Å². The van der Waals surface area contributed by atoms with Gasteiger partial charge in [-0.2, -0.15) is 5.10 Å². The number of halogens is 2. The molecule has 0 spiro atoms. The lowest BCUT2D eigenvalue weighted by Gasteiger charge is -2.35. The number of carbonyl (C=O) groups is 1. The minimum absolute atomic E-state index is 0.0206. The van der Waals surface area contributed by atoms with Gasteiger partial charge in [-0.3, -0.25) is 4.79 Å². The average molecular weight is 519 g/mol. The van der Waals surface area contributed by atoms with Crippen molar-refractivity contribution in [2.45, 2.75) is 44.6 Å². The Hall–Kier alpha value is -3.06. The summed E-state index contributed by atoms with van der Waals surface area (Å²) >= 11 is 3.31. The molecular formula is C27H24BrFN4O. The molecule has 0 saturated heterocycles. The van der Waals surface area contributed by atoms with Crippen LogP contribution in [-0.2, 0) is 11.8 Å². The summed E-state index contributed by atoms with van der Waals surface area (Å²) in [6, 6.07) is 16.9. The average Bonchev–Trinajstić information content (AvgIpc) is 3.43. The zero-order valence-electron chi connectivity index (χ0n) is 19.1. The molecule has 1 fully saturated rings. The number of amides is 1. The van der Waals surface area contributed by atoms with Crippen molar-refractivity contribution in [2.24, 2.45) is 0 Å². The standard InChI is InChI=1S/C27H24BrFN4O/c1-16-19-6-4-3-5-17(19)9-12-32(16)26(34)23-14-24(27(2)10-11-27)33-25(30-23)15-22(31-33)20-8-7-18(28)13-21(20)29/h3-8,13-16H,9-12H2,1-2H3/t16-/m1/s1. The van der Waals surface area contributed by atoms with Crippen molar-refractivity contribution in [1.29, 1.82) is 0 Å². The predicted molar refractivity (Wildman–Crippen MR) is 132 cm³/mol. The molecule has 0 N–H and O–H groups in total. The monoisotopic (exact) mass is 518 g/mol. The first-order chi connectivity index (χ1) is 16.3. The van der Waals surface area contributed by atoms with Crippen LogP contribution in [0.15, 0.2) is 59.1 Å². The summed E-state index contributed by atoms with van der Waals surface area (Å²) in [7, 11) is 0. The molecule has 5 nitrogen and oxygen atoms in total. The van der Waals surface area contributed by atoms with Gasteiger partial charge in [-0.1, -0.05) is 47.1 Å². The van der Waals surface area contributed by atoms with Crippen molar-refractivity contribution in [3.05, 3.63) is 87.4 Å². The van der Waals surface area contributed by atoms with Gasteiger partial charge in [-0.05, 0) is 61.6 Å². The van der Waals surface area contributed by atoms with E-state index in [2.05, 4.69) is 41.9 Å². The molecule has 2 aliphatic rings. The number of hydrogen-bond donors (Lipinski definition) is 0. The second-order valence-electron chi connectivity index (χ2n) is 9.63. The Morgan fingerprint density at radius 1 is 1.15 bits per heavy atom. The minimum Gasteiger partial charge on any atom is -0.330 e. The maximum absolute atomic E-state index is 14.7. The lowest BCUT2D eigenvalue weighted by molar-refractivity contribution is 0.0671. The molecule has 2 aromatic heterocycles. The van der Waals surface area contributed by atoms with Crippen molar-refractivity contribution in [1.82, 2.24) is 19.5 Å². The fraction of sp³-hybridized carbons (Fsp3) is 0.296. The highest BCUT2D eigenvalue weighted by molar-refractivity contribution is 9.10. The maximum atomic E-state index is 14.7. The molecular weight excluding hydrogens is 495 g/mol. The van der Waals surface area contributed by atoms with Gasteiger partial charge in [0.05, 0.1) is 17.4 Å². The molecule has 1 atom stereocenters. The summed E-state index contributed by atoms with van der Waals surface area (Å²) in [5, 5.41) is 4.71. The van der Waals surface area contributed by atoms with E-state index in [1.165, 1.54) is 17.2 Å². The van der Waals surface area contributed by atoms with E-state index >= 15 is 0 Å². The molecule has 1 saturated carbocycles. The Morgan fingerprint density at radius 2 is 1.94 bits per heavy atom. The van der Waals surface area contributed by atoms with Crippen LogP contribution in [0.25, 0.3) is 16.9 Å². The molecule has 1 aliphatic carbocycles. The van der Waals surface area contributed by atoms with Gasteiger partial charge in [0.25, 0.3) is 5.91 Å². The summed E-state index contributed by atoms with van der Waals surface area (Å²) in [6.07, 6.45) is 2.88. The van der Waals surface area contributed by atoms with Crippen LogP contribution in [0.2, 0.25) is 0 Å². The fourth-order valence-electron chi connectivity index (χ4n) is 4.98. The Kier molecular flexibility index (Phi) is 4.88. The SMILES string of the molecule is C[C@@H]1c2ccccc2CCN1C(=O)c1cc(C2(C)CC2)n2nc(-c3ccc(Br)cc3F)cc2n1. The van der Waals surface area contributed by atoms with Gasteiger partial charge in [0, 0.05) is 28.1 Å². The lowest BCUT2D eigenvalue weighted by atomic mass is 9.93. The van der Waals surface area contributed by atoms with Crippen LogP contribution in [0, 0.1) is 5.82 Å². The van der Waals surface area contributed by atoms with Gasteiger partial charge >= 0.3 is 0 Å². The fourth-order valence-corrected chi connectivity index (χ4v) is 5.32. The minimum atomic E-state index is -0.353. The molecule has 0 unspecified atom stereocenters. The summed E-state index contributed by atoms with van der Waals surface area (Å²) in [5.41, 5.74) is 5.29. The lowest BCUT2D eigenvalue weighted by Crippen LogP contribution is -2.39. The smallest absolute Gasteiger partial charge is 0.273 e. The molecule has 4 aromatic rings. The number of carbonyl (C=O) groups excluding carboxylic acids is 1. The second kappa shape index (κ2) is 7.73. The molecule has 34 heavy (non-hydrogen) atoms. The molecule has 7 heteroatoms. The van der Waals surface area contributed by atoms with Crippen molar-refractivity contribution in [3.8, 4) is 11.3 Å². The van der Waals surface area contributed by atoms with E-state index in [0.717, 1.165) is 25.0 Å². The molecule has 6 rings (SSSR count). The molecule has 0 bridgehead atoms. The van der Waals surface area contributed by atoms with Gasteiger partial charge in [0.2, 0.25) is 0 Å². The third-order valence-electron chi connectivity index (χ3n) is 7.33. The molecule has 0 radical (unpaired) electrons. The van der Waals surface area contributed by atoms with Crippen LogP contribution in [0.3, 0.4) is 0 Å². The Balaban J connectivity index is 1.44. The largest absolute Gasteiger partial charge is 0.330 e. The van der Waals surface area contributed by atoms with E-state index in [1.54, 1.807) is 22.7 Å². The number of benzene rings is 2. The third-order valence-corrected chi connectivity index (χ3v) is 7.82. The molecule has 172 valence electrons. The van der Waals surface area contributed by atoms with Gasteiger partial charge in [-0.15, -0.1) is 0 Å². The molecule has 1 aliphatic heterocycles. The van der Waals surface area contributed by atoms with Crippen molar-refractivity contribution < 1.29 is 9.18 Å². The zero-order valence-corrected chi connectivity index (χ0v) is 20.6. The Bertz CT molecular complexity index is 1460. The van der Waals surface area contributed by atoms with E-state index in [4.69, 9.17) is 10.1 Å². The molecule has 1 amide bonds. The van der Waals surface area contributed by atoms with Crippen LogP contribution in [0.4, 0.5) is 4.39 Å². The van der Waals surface area contributed by atoms with Crippen molar-refractivity contribution >= 4 is 27.5 Å². The van der Waals surface area contributed by atoms with Gasteiger partial charge < -0.3 is 4.90 Å². The van der Waals surface area contributed by atoms with Crippen molar-refractivity contribution in [3.63, 3.8) is 0 Å². The highest BCUT2D eigenvalue weighted by atomic mass is 79.9. The highest BCUT2D eigenvalue weighted by Crippen LogP contribution is 2.48. The molecule has 2 aromatic carbocycles. The summed E-state index contributed by atoms with van der Waals surface area (Å²) in [5.74, 6) is -0.429. The number of rotatable bonds is 3. The van der Waals surface area contributed by atoms with Crippen LogP contribution in [0.5, 0.6) is 0 Å². The van der Waals surface area contributed by atoms with E-state index in [-0.39, 0.29) is 23.2 Å². The number of nitrogens with zero attached hydrogens (tertiary/aromatic N) is 4. The normalized spacial score (nSPS) is 18.7. The third kappa shape index (κ3) is 3.45. The number of aromatic nitrogens is 3. The topological polar surface area (TPSA) is 50.5 Å². The van der Waals surface area contributed by atoms with E-state index in [0.29, 0.717) is 33.6 Å². The van der Waals surface area contributed by atoms with E-state index < -0.39 is 0 Å². The first-order valence-corrected chi connectivity index (χ1v) is 12.4. The van der Waals surface area contributed by atoms with Crippen LogP contribution >= 0.6 is 15.9 Å². The first kappa shape index (κ1) is 21.5. The predicted octanol–water partition coefficient (Wildman–Crippen LogP) is 6.11. The summed E-state index contributed by atoms with van der Waals surface area (Å²) < 4.78 is 17.1. The first-order valence-electron chi connectivity index (χ1n) is 11.6. The Morgan fingerprint density at radius 3 is 2.71 bits per heavy atom. The molecule has 3 heterocycles. The summed E-state index contributed by atoms with van der Waals surface area (Å²) in [4.78, 5) is 20.3. The number of fused-ring (bicyclic) bond motifs is 2. The second-order valence-corrected chi connectivity index (χ2v) is 10.6. The maximum Gasteiger partial charge on any atom is 0.273 e. The van der Waals surface area contributed by atoms with Crippen LogP contribution in [0.1, 0.15) is 60.0 Å². The zero-order chi connectivity index (χ0) is 23.6. The van der Waals surface area contributed by atoms with Crippen molar-refractivity contribution in [2.75, 3.05) is 6.54 Å². The van der Waals surface area contributed by atoms with E-state index in [9.17, 15) is 9.18 Å². The highest BCUT2D eigenvalue weighted by Gasteiger charge is 2.42. The van der Waals surface area contributed by atoms with Crippen LogP contribution < -0.4 is 0 Å². The number of hydrogen-bond acceptors (Lipinski definition) is 3. The van der Waals surface area contributed by atoms with Gasteiger partial charge in [-0.25, -0.2) is 13.9 Å². The van der Waals surface area contributed by atoms with Gasteiger partial charge in [0.15, 0.2) is 5.65 Å². The van der Waals surface area contributed by atoms with Gasteiger partial charge in [0.1, 0.15) is 11.5 Å². The van der Waals surface area contributed by atoms with E-state index in [1.807, 2.05) is 23.1 Å². The summed E-state index contributed by atoms with van der Waals surface area (Å²) in [6.45, 7) is 4.91.